The van der Waals surface area contributed by atoms with E-state index in [1.807, 2.05) is 5.32 Å². The van der Waals surface area contributed by atoms with E-state index in [9.17, 15) is 18.4 Å². The first-order chi connectivity index (χ1) is 7.91. The molecule has 0 bridgehead atoms. The summed E-state index contributed by atoms with van der Waals surface area (Å²) in [5.41, 5.74) is -0.841. The minimum atomic E-state index is -1.28. The average Bonchev–Trinajstić information content (AvgIpc) is 2.23. The van der Waals surface area contributed by atoms with E-state index in [0.717, 1.165) is 24.3 Å². The first-order valence-corrected chi connectivity index (χ1v) is 4.58. The summed E-state index contributed by atoms with van der Waals surface area (Å²) in [5.74, 6) is -4.05. The van der Waals surface area contributed by atoms with Crippen molar-refractivity contribution >= 4 is 17.6 Å². The molecule has 0 aromatic heterocycles. The van der Waals surface area contributed by atoms with Gasteiger partial charge >= 0.3 is 5.97 Å². The lowest BCUT2D eigenvalue weighted by atomic mass is 10.2. The molecule has 0 atom stereocenters. The molecule has 0 saturated carbocycles. The van der Waals surface area contributed by atoms with Gasteiger partial charge in [-0.05, 0) is 19.1 Å². The molecule has 0 aliphatic carbocycles. The molecule has 0 spiro atoms. The molecule has 1 aromatic carbocycles. The Morgan fingerprint density at radius 2 is 1.82 bits per heavy atom. The second-order valence-electron chi connectivity index (χ2n) is 3.22. The fourth-order valence-corrected chi connectivity index (χ4v) is 1.03. The number of carboxylic acids is 1. The number of carbonyl (C=O) groups excluding carboxylic acids is 1. The predicted octanol–water partition coefficient (Wildman–Crippen LogP) is 1.93. The van der Waals surface area contributed by atoms with Gasteiger partial charge in [-0.25, -0.2) is 13.6 Å². The SMILES string of the molecule is C/C(=C\C(=O)Nc1c(F)cccc1F)C(=O)O. The molecule has 6 heteroatoms. The second-order valence-corrected chi connectivity index (χ2v) is 3.22. The van der Waals surface area contributed by atoms with E-state index in [1.165, 1.54) is 6.92 Å². The van der Waals surface area contributed by atoms with Crippen molar-refractivity contribution in [1.29, 1.82) is 0 Å². The largest absolute Gasteiger partial charge is 0.478 e. The fourth-order valence-electron chi connectivity index (χ4n) is 1.03. The Morgan fingerprint density at radius 1 is 1.29 bits per heavy atom. The topological polar surface area (TPSA) is 66.4 Å². The standard InChI is InChI=1S/C11H9F2NO3/c1-6(11(16)17)5-9(15)14-10-7(12)3-2-4-8(10)13/h2-5H,1H3,(H,14,15)(H,16,17)/b6-5+. The monoisotopic (exact) mass is 241 g/mol. The van der Waals surface area contributed by atoms with Crippen LogP contribution >= 0.6 is 0 Å². The van der Waals surface area contributed by atoms with Crippen molar-refractivity contribution in [2.24, 2.45) is 0 Å². The van der Waals surface area contributed by atoms with E-state index in [2.05, 4.69) is 0 Å². The van der Waals surface area contributed by atoms with E-state index in [0.29, 0.717) is 0 Å². The highest BCUT2D eigenvalue weighted by Gasteiger charge is 2.11. The summed E-state index contributed by atoms with van der Waals surface area (Å²) in [6, 6.07) is 3.11. The van der Waals surface area contributed by atoms with Crippen molar-refractivity contribution < 1.29 is 23.5 Å². The minimum absolute atomic E-state index is 0.237. The molecule has 0 aliphatic rings. The minimum Gasteiger partial charge on any atom is -0.478 e. The summed E-state index contributed by atoms with van der Waals surface area (Å²) in [5, 5.41) is 10.4. The number of anilines is 1. The molecule has 0 fully saturated rings. The van der Waals surface area contributed by atoms with Gasteiger partial charge < -0.3 is 10.4 Å². The molecular formula is C11H9F2NO3. The van der Waals surface area contributed by atoms with Gasteiger partial charge in [-0.15, -0.1) is 0 Å². The lowest BCUT2D eigenvalue weighted by Gasteiger charge is -2.05. The fraction of sp³-hybridized carbons (Fsp3) is 0.0909. The van der Waals surface area contributed by atoms with Crippen LogP contribution in [-0.4, -0.2) is 17.0 Å². The number of halogens is 2. The van der Waals surface area contributed by atoms with Crippen molar-refractivity contribution in [3.63, 3.8) is 0 Å². The maximum atomic E-state index is 13.1. The van der Waals surface area contributed by atoms with E-state index in [4.69, 9.17) is 5.11 Å². The molecule has 0 heterocycles. The second kappa shape index (κ2) is 5.20. The summed E-state index contributed by atoms with van der Waals surface area (Å²) in [7, 11) is 0. The Kier molecular flexibility index (Phi) is 3.92. The van der Waals surface area contributed by atoms with Crippen LogP contribution in [0.3, 0.4) is 0 Å². The number of rotatable bonds is 3. The highest BCUT2D eigenvalue weighted by Crippen LogP contribution is 2.17. The summed E-state index contributed by atoms with van der Waals surface area (Å²) in [6.45, 7) is 1.19. The molecule has 0 unspecified atom stereocenters. The lowest BCUT2D eigenvalue weighted by molar-refractivity contribution is -0.132. The quantitative estimate of drug-likeness (QED) is 0.794. The Labute approximate surface area is 95.6 Å². The maximum absolute atomic E-state index is 13.1. The number of nitrogens with one attached hydrogen (secondary N) is 1. The number of carbonyl (C=O) groups is 2. The van der Waals surface area contributed by atoms with E-state index < -0.39 is 29.2 Å². The molecule has 0 saturated heterocycles. The van der Waals surface area contributed by atoms with Crippen LogP contribution in [0, 0.1) is 11.6 Å². The van der Waals surface area contributed by atoms with Crippen LogP contribution in [0.5, 0.6) is 0 Å². The van der Waals surface area contributed by atoms with Gasteiger partial charge in [-0.2, -0.15) is 0 Å². The zero-order chi connectivity index (χ0) is 13.0. The van der Waals surface area contributed by atoms with Crippen molar-refractivity contribution in [3.8, 4) is 0 Å². The maximum Gasteiger partial charge on any atom is 0.331 e. The molecule has 17 heavy (non-hydrogen) atoms. The molecule has 1 amide bonds. The molecule has 2 N–H and O–H groups in total. The van der Waals surface area contributed by atoms with Crippen LogP contribution in [0.4, 0.5) is 14.5 Å². The number of hydrogen-bond acceptors (Lipinski definition) is 2. The third-order valence-electron chi connectivity index (χ3n) is 1.90. The summed E-state index contributed by atoms with van der Waals surface area (Å²) in [6.07, 6.45) is 0.744. The van der Waals surface area contributed by atoms with E-state index in [-0.39, 0.29) is 5.57 Å². The molecule has 90 valence electrons. The van der Waals surface area contributed by atoms with Crippen molar-refractivity contribution in [2.45, 2.75) is 6.92 Å². The smallest absolute Gasteiger partial charge is 0.331 e. The van der Waals surface area contributed by atoms with Crippen molar-refractivity contribution in [2.75, 3.05) is 5.32 Å². The number of aliphatic carboxylic acids is 1. The highest BCUT2D eigenvalue weighted by atomic mass is 19.1. The van der Waals surface area contributed by atoms with Crippen molar-refractivity contribution in [1.82, 2.24) is 0 Å². The summed E-state index contributed by atoms with van der Waals surface area (Å²) in [4.78, 5) is 21.7. The molecule has 0 radical (unpaired) electrons. The van der Waals surface area contributed by atoms with Crippen LogP contribution in [0.25, 0.3) is 0 Å². The van der Waals surface area contributed by atoms with Gasteiger partial charge in [0, 0.05) is 11.6 Å². The summed E-state index contributed by atoms with van der Waals surface area (Å²) >= 11 is 0. The van der Waals surface area contributed by atoms with E-state index >= 15 is 0 Å². The van der Waals surface area contributed by atoms with Crippen LogP contribution < -0.4 is 5.32 Å². The normalized spacial score (nSPS) is 11.1. The Bertz CT molecular complexity index is 477. The van der Waals surface area contributed by atoms with Crippen LogP contribution in [0.1, 0.15) is 6.92 Å². The van der Waals surface area contributed by atoms with Crippen LogP contribution in [-0.2, 0) is 9.59 Å². The number of benzene rings is 1. The van der Waals surface area contributed by atoms with Gasteiger partial charge in [0.05, 0.1) is 0 Å². The Balaban J connectivity index is 2.89. The third-order valence-corrected chi connectivity index (χ3v) is 1.90. The van der Waals surface area contributed by atoms with Crippen LogP contribution in [0.2, 0.25) is 0 Å². The Hall–Kier alpha value is -2.24. The Morgan fingerprint density at radius 3 is 2.29 bits per heavy atom. The van der Waals surface area contributed by atoms with Gasteiger partial charge in [0.15, 0.2) is 0 Å². The number of amides is 1. The van der Waals surface area contributed by atoms with Gasteiger partial charge in [-0.1, -0.05) is 6.07 Å². The molecule has 1 aromatic rings. The first-order valence-electron chi connectivity index (χ1n) is 4.58. The van der Waals surface area contributed by atoms with Gasteiger partial charge in [0.1, 0.15) is 17.3 Å². The average molecular weight is 241 g/mol. The predicted molar refractivity (Wildman–Crippen MR) is 56.4 cm³/mol. The number of hydrogen-bond donors (Lipinski definition) is 2. The van der Waals surface area contributed by atoms with Gasteiger partial charge in [0.2, 0.25) is 5.91 Å². The van der Waals surface area contributed by atoms with Gasteiger partial charge in [0.25, 0.3) is 0 Å². The molecular weight excluding hydrogens is 232 g/mol. The first kappa shape index (κ1) is 12.8. The molecule has 1 rings (SSSR count). The lowest BCUT2D eigenvalue weighted by Crippen LogP contribution is -2.13. The number of carboxylic acid groups (broad SMARTS) is 1. The number of para-hydroxylation sites is 1. The highest BCUT2D eigenvalue weighted by molar-refractivity contribution is 6.04. The van der Waals surface area contributed by atoms with E-state index in [1.54, 1.807) is 0 Å². The van der Waals surface area contributed by atoms with Crippen molar-refractivity contribution in [3.05, 3.63) is 41.5 Å². The molecule has 0 aliphatic heterocycles. The molecule has 4 nitrogen and oxygen atoms in total. The summed E-state index contributed by atoms with van der Waals surface area (Å²) < 4.78 is 26.2. The zero-order valence-electron chi connectivity index (χ0n) is 8.83. The zero-order valence-corrected chi connectivity index (χ0v) is 8.83. The third kappa shape index (κ3) is 3.37. The van der Waals surface area contributed by atoms with Crippen LogP contribution in [0.15, 0.2) is 29.8 Å². The van der Waals surface area contributed by atoms with Gasteiger partial charge in [-0.3, -0.25) is 4.79 Å².